The molecule has 1 aromatic carbocycles. The van der Waals surface area contributed by atoms with Crippen molar-refractivity contribution in [2.24, 2.45) is 0 Å². The molecule has 0 unspecified atom stereocenters. The summed E-state index contributed by atoms with van der Waals surface area (Å²) in [6, 6.07) is 12.1. The van der Waals surface area contributed by atoms with Gasteiger partial charge in [-0.15, -0.1) is 0 Å². The maximum Gasteiger partial charge on any atom is 2.00 e. The molecule has 0 spiro atoms. The molecule has 0 aliphatic rings. The van der Waals surface area contributed by atoms with Crippen molar-refractivity contribution in [2.75, 3.05) is 0 Å². The van der Waals surface area contributed by atoms with E-state index in [9.17, 15) is 0 Å². The zero-order chi connectivity index (χ0) is 13.9. The molecule has 3 aromatic rings. The molecule has 3 rings (SSSR count). The van der Waals surface area contributed by atoms with E-state index in [0.717, 1.165) is 21.8 Å². The van der Waals surface area contributed by atoms with Crippen molar-refractivity contribution in [3.8, 4) is 0 Å². The van der Waals surface area contributed by atoms with Gasteiger partial charge in [0.2, 0.25) is 0 Å². The fourth-order valence-electron chi connectivity index (χ4n) is 1.68. The minimum atomic E-state index is -5.17. The van der Waals surface area contributed by atoms with Crippen LogP contribution in [0.2, 0.25) is 0 Å². The Balaban J connectivity index is 0.000000293. The summed E-state index contributed by atoms with van der Waals surface area (Å²) in [7, 11) is -5.17. The molecule has 104 valence electrons. The van der Waals surface area contributed by atoms with Crippen LogP contribution in [0.5, 0.6) is 0 Å². The molecule has 6 nitrogen and oxygen atoms in total. The van der Waals surface area contributed by atoms with Crippen molar-refractivity contribution in [1.29, 1.82) is 0 Å². The molecule has 2 heterocycles. The summed E-state index contributed by atoms with van der Waals surface area (Å²) in [6.07, 6.45) is 3.60. The summed E-state index contributed by atoms with van der Waals surface area (Å²) in [4.78, 5) is 8.69. The number of hydrogen-bond acceptors (Lipinski definition) is 6. The molecule has 0 aliphatic heterocycles. The van der Waals surface area contributed by atoms with Gasteiger partial charge in [-0.05, 0) is 12.1 Å². The number of pyridine rings is 2. The number of aromatic nitrogens is 2. The molecule has 0 N–H and O–H groups in total. The first-order chi connectivity index (χ1) is 8.95. The summed E-state index contributed by atoms with van der Waals surface area (Å²) < 4.78 is 34.1. The van der Waals surface area contributed by atoms with Crippen molar-refractivity contribution >= 4 is 32.2 Å². The molecule has 2 aromatic heterocycles. The molecule has 0 saturated heterocycles. The zero-order valence-corrected chi connectivity index (χ0v) is 11.8. The average molecular weight is 332 g/mol. The molecule has 8 heteroatoms. The summed E-state index contributed by atoms with van der Waals surface area (Å²) in [5.74, 6) is 0. The molecule has 0 bridgehead atoms. The van der Waals surface area contributed by atoms with Gasteiger partial charge >= 0.3 is 17.1 Å². The minimum Gasteiger partial charge on any atom is -0.759 e. The van der Waals surface area contributed by atoms with E-state index >= 15 is 0 Å². The van der Waals surface area contributed by atoms with E-state index in [2.05, 4.69) is 34.2 Å². The summed E-state index contributed by atoms with van der Waals surface area (Å²) in [6.45, 7) is 0. The monoisotopic (exact) mass is 332 g/mol. The Kier molecular flexibility index (Phi) is 5.55. The third-order valence-electron chi connectivity index (χ3n) is 2.34. The van der Waals surface area contributed by atoms with Crippen LogP contribution in [0.3, 0.4) is 0 Å². The third kappa shape index (κ3) is 4.52. The topological polar surface area (TPSA) is 106 Å². The van der Waals surface area contributed by atoms with Crippen LogP contribution < -0.4 is 0 Å². The summed E-state index contributed by atoms with van der Waals surface area (Å²) >= 11 is 0. The Labute approximate surface area is 125 Å². The van der Waals surface area contributed by atoms with Gasteiger partial charge in [-0.25, -0.2) is 0 Å². The van der Waals surface area contributed by atoms with Crippen LogP contribution in [0.1, 0.15) is 0 Å². The van der Waals surface area contributed by atoms with Crippen LogP contribution in [0.25, 0.3) is 21.8 Å². The van der Waals surface area contributed by atoms with E-state index in [1.807, 2.05) is 12.1 Å². The molecule has 0 saturated carbocycles. The third-order valence-corrected chi connectivity index (χ3v) is 2.34. The van der Waals surface area contributed by atoms with Crippen LogP contribution in [-0.4, -0.2) is 27.5 Å². The number of fused-ring (bicyclic) bond motifs is 3. The normalized spacial score (nSPS) is 10.5. The van der Waals surface area contributed by atoms with Gasteiger partial charge in [0.05, 0.1) is 11.0 Å². The van der Waals surface area contributed by atoms with E-state index in [1.54, 1.807) is 12.4 Å². The first kappa shape index (κ1) is 16.5. The predicted molar refractivity (Wildman–Crippen MR) is 67.5 cm³/mol. The van der Waals surface area contributed by atoms with Gasteiger partial charge < -0.3 is 9.11 Å². The van der Waals surface area contributed by atoms with E-state index in [0.29, 0.717) is 0 Å². The van der Waals surface area contributed by atoms with Crippen molar-refractivity contribution in [2.45, 2.75) is 0 Å². The summed E-state index contributed by atoms with van der Waals surface area (Å²) in [5, 5.41) is 2.28. The number of benzene rings is 1. The number of nitrogens with zero attached hydrogens (tertiary/aromatic N) is 2. The zero-order valence-electron chi connectivity index (χ0n) is 9.91. The average Bonchev–Trinajstić information content (AvgIpc) is 2.37. The van der Waals surface area contributed by atoms with Crippen LogP contribution >= 0.6 is 0 Å². The number of hydrogen-bond donors (Lipinski definition) is 0. The molecule has 0 fully saturated rings. The maximum absolute atomic E-state index is 8.52. The second-order valence-corrected chi connectivity index (χ2v) is 4.44. The van der Waals surface area contributed by atoms with Gasteiger partial charge in [0.15, 0.2) is 0 Å². The maximum atomic E-state index is 8.52. The second kappa shape index (κ2) is 6.74. The smallest absolute Gasteiger partial charge is 0.759 e. The standard InChI is InChI=1S/C12H8N2.Fe.H2O4S/c1-3-9-5-6-10-4-2-8-14-12(10)11(9)13-7-1;;1-5(2,3)4/h1-8H;;(H2,1,2,3,4)/q;+2;/p-2. The van der Waals surface area contributed by atoms with Gasteiger partial charge in [-0.3, -0.25) is 18.4 Å². The van der Waals surface area contributed by atoms with E-state index < -0.39 is 10.4 Å². The van der Waals surface area contributed by atoms with Crippen molar-refractivity contribution < 1.29 is 34.6 Å². The molecular formula is C12H8FeN2O4S. The number of rotatable bonds is 0. The quantitative estimate of drug-likeness (QED) is 0.267. The Bertz CT molecular complexity index is 761. The molecular weight excluding hydrogens is 324 g/mol. The minimum absolute atomic E-state index is 0. The first-order valence-corrected chi connectivity index (χ1v) is 6.53. The van der Waals surface area contributed by atoms with Gasteiger partial charge in [0.1, 0.15) is 0 Å². The van der Waals surface area contributed by atoms with E-state index in [1.165, 1.54) is 0 Å². The molecule has 20 heavy (non-hydrogen) atoms. The van der Waals surface area contributed by atoms with Gasteiger partial charge in [-0.1, -0.05) is 24.3 Å². The Hall–Kier alpha value is -1.57. The van der Waals surface area contributed by atoms with Crippen LogP contribution in [0.15, 0.2) is 48.8 Å². The van der Waals surface area contributed by atoms with Crippen molar-refractivity contribution in [1.82, 2.24) is 9.97 Å². The largest absolute Gasteiger partial charge is 2.00 e. The van der Waals surface area contributed by atoms with Crippen LogP contribution in [0.4, 0.5) is 0 Å². The van der Waals surface area contributed by atoms with Gasteiger partial charge in [0, 0.05) is 33.6 Å². The van der Waals surface area contributed by atoms with E-state index in [4.69, 9.17) is 17.5 Å². The molecule has 0 aliphatic carbocycles. The molecule has 0 radical (unpaired) electrons. The van der Waals surface area contributed by atoms with Crippen molar-refractivity contribution in [3.63, 3.8) is 0 Å². The molecule has 0 amide bonds. The van der Waals surface area contributed by atoms with Crippen LogP contribution in [0, 0.1) is 0 Å². The van der Waals surface area contributed by atoms with E-state index in [-0.39, 0.29) is 17.1 Å². The fourth-order valence-corrected chi connectivity index (χ4v) is 1.68. The predicted octanol–water partition coefficient (Wildman–Crippen LogP) is 1.44. The summed E-state index contributed by atoms with van der Waals surface area (Å²) in [5.41, 5.74) is 1.95. The SMILES string of the molecule is O=S(=O)([O-])[O-].[Fe+2].c1cnc2c(c1)ccc1cccnc12. The second-order valence-electron chi connectivity index (χ2n) is 3.62. The van der Waals surface area contributed by atoms with Gasteiger partial charge in [-0.2, -0.15) is 0 Å². The fraction of sp³-hybridized carbons (Fsp3) is 0. The molecule has 0 atom stereocenters. The first-order valence-electron chi connectivity index (χ1n) is 5.20. The van der Waals surface area contributed by atoms with Crippen LogP contribution in [-0.2, 0) is 27.5 Å². The van der Waals surface area contributed by atoms with Gasteiger partial charge in [0.25, 0.3) is 0 Å². The van der Waals surface area contributed by atoms with Crippen molar-refractivity contribution in [3.05, 3.63) is 48.8 Å². The Morgan fingerprint density at radius 3 is 1.50 bits per heavy atom. The Morgan fingerprint density at radius 1 is 0.800 bits per heavy atom. The Morgan fingerprint density at radius 2 is 1.15 bits per heavy atom.